The van der Waals surface area contributed by atoms with Crippen LogP contribution in [0, 0.1) is 5.92 Å². The van der Waals surface area contributed by atoms with Crippen LogP contribution in [-0.2, 0) is 9.53 Å². The van der Waals surface area contributed by atoms with E-state index in [0.29, 0.717) is 17.2 Å². The SMILES string of the molecule is CC(C)[C@H](NC(=O)OC(C)(C)C)C(=O)Nc1ccc2c(c1)OCO2. The van der Waals surface area contributed by atoms with Crippen molar-refractivity contribution in [3.8, 4) is 11.5 Å². The Kier molecular flexibility index (Phi) is 5.21. The zero-order chi connectivity index (χ0) is 17.9. The summed E-state index contributed by atoms with van der Waals surface area (Å²) in [5, 5.41) is 5.39. The van der Waals surface area contributed by atoms with E-state index in [4.69, 9.17) is 14.2 Å². The molecule has 1 aliphatic rings. The topological polar surface area (TPSA) is 85.9 Å². The van der Waals surface area contributed by atoms with Crippen LogP contribution in [-0.4, -0.2) is 30.4 Å². The first-order valence-corrected chi connectivity index (χ1v) is 7.86. The molecule has 0 aromatic heterocycles. The average molecular weight is 336 g/mol. The van der Waals surface area contributed by atoms with Gasteiger partial charge in [0.05, 0.1) is 0 Å². The lowest BCUT2D eigenvalue weighted by Gasteiger charge is -2.25. The third-order valence-corrected chi connectivity index (χ3v) is 3.26. The molecule has 0 radical (unpaired) electrons. The largest absolute Gasteiger partial charge is 0.454 e. The van der Waals surface area contributed by atoms with Gasteiger partial charge >= 0.3 is 6.09 Å². The number of amides is 2. The second kappa shape index (κ2) is 6.98. The number of benzene rings is 1. The van der Waals surface area contributed by atoms with E-state index in [1.165, 1.54) is 0 Å². The van der Waals surface area contributed by atoms with E-state index >= 15 is 0 Å². The molecule has 1 aliphatic heterocycles. The summed E-state index contributed by atoms with van der Waals surface area (Å²) >= 11 is 0. The van der Waals surface area contributed by atoms with Gasteiger partial charge in [0.25, 0.3) is 0 Å². The van der Waals surface area contributed by atoms with E-state index in [2.05, 4.69) is 10.6 Å². The molecule has 24 heavy (non-hydrogen) atoms. The quantitative estimate of drug-likeness (QED) is 0.883. The fourth-order valence-electron chi connectivity index (χ4n) is 2.16. The Morgan fingerprint density at radius 3 is 2.46 bits per heavy atom. The van der Waals surface area contributed by atoms with E-state index < -0.39 is 17.7 Å². The molecule has 1 atom stereocenters. The summed E-state index contributed by atoms with van der Waals surface area (Å²) in [5.41, 5.74) is -0.0553. The van der Waals surface area contributed by atoms with E-state index in [1.807, 2.05) is 13.8 Å². The summed E-state index contributed by atoms with van der Waals surface area (Å²) in [4.78, 5) is 24.4. The number of carbonyl (C=O) groups excluding carboxylic acids is 2. The summed E-state index contributed by atoms with van der Waals surface area (Å²) < 4.78 is 15.7. The van der Waals surface area contributed by atoms with Gasteiger partial charge in [-0.3, -0.25) is 4.79 Å². The van der Waals surface area contributed by atoms with Crippen molar-refractivity contribution < 1.29 is 23.8 Å². The van der Waals surface area contributed by atoms with Gasteiger partial charge in [-0.2, -0.15) is 0 Å². The molecule has 0 fully saturated rings. The number of carbonyl (C=O) groups is 2. The fourth-order valence-corrected chi connectivity index (χ4v) is 2.16. The van der Waals surface area contributed by atoms with Crippen molar-refractivity contribution in [3.05, 3.63) is 18.2 Å². The highest BCUT2D eigenvalue weighted by molar-refractivity contribution is 5.97. The van der Waals surface area contributed by atoms with Gasteiger partial charge in [-0.15, -0.1) is 0 Å². The molecule has 2 N–H and O–H groups in total. The smallest absolute Gasteiger partial charge is 0.408 e. The van der Waals surface area contributed by atoms with Crippen LogP contribution in [0.4, 0.5) is 10.5 Å². The Morgan fingerprint density at radius 2 is 1.83 bits per heavy atom. The number of hydrogen-bond acceptors (Lipinski definition) is 5. The van der Waals surface area contributed by atoms with Crippen molar-refractivity contribution in [1.29, 1.82) is 0 Å². The number of hydrogen-bond donors (Lipinski definition) is 2. The van der Waals surface area contributed by atoms with Crippen molar-refractivity contribution in [1.82, 2.24) is 5.32 Å². The van der Waals surface area contributed by atoms with Crippen molar-refractivity contribution in [2.75, 3.05) is 12.1 Å². The van der Waals surface area contributed by atoms with Crippen LogP contribution in [0.25, 0.3) is 0 Å². The van der Waals surface area contributed by atoms with Gasteiger partial charge in [0.1, 0.15) is 11.6 Å². The molecule has 2 rings (SSSR count). The van der Waals surface area contributed by atoms with E-state index in [-0.39, 0.29) is 18.6 Å². The Labute approximate surface area is 141 Å². The minimum atomic E-state index is -0.717. The van der Waals surface area contributed by atoms with Crippen LogP contribution >= 0.6 is 0 Å². The lowest BCUT2D eigenvalue weighted by Crippen LogP contribution is -2.48. The van der Waals surface area contributed by atoms with Gasteiger partial charge in [0.2, 0.25) is 12.7 Å². The molecule has 1 aromatic carbocycles. The number of fused-ring (bicyclic) bond motifs is 1. The van der Waals surface area contributed by atoms with Crippen LogP contribution in [0.2, 0.25) is 0 Å². The molecular formula is C17H24N2O5. The van der Waals surface area contributed by atoms with Crippen LogP contribution in [0.3, 0.4) is 0 Å². The van der Waals surface area contributed by atoms with Gasteiger partial charge in [-0.05, 0) is 38.8 Å². The van der Waals surface area contributed by atoms with Crippen LogP contribution in [0.5, 0.6) is 11.5 Å². The molecule has 2 amide bonds. The van der Waals surface area contributed by atoms with Crippen molar-refractivity contribution in [2.24, 2.45) is 5.92 Å². The van der Waals surface area contributed by atoms with E-state index in [0.717, 1.165) is 0 Å². The van der Waals surface area contributed by atoms with E-state index in [1.54, 1.807) is 39.0 Å². The second-order valence-corrected chi connectivity index (χ2v) is 6.93. The third-order valence-electron chi connectivity index (χ3n) is 3.26. The maximum Gasteiger partial charge on any atom is 0.408 e. The summed E-state index contributed by atoms with van der Waals surface area (Å²) in [6.07, 6.45) is -0.623. The minimum absolute atomic E-state index is 0.105. The van der Waals surface area contributed by atoms with Crippen molar-refractivity contribution >= 4 is 17.7 Å². The summed E-state index contributed by atoms with van der Waals surface area (Å²) in [6, 6.07) is 4.41. The average Bonchev–Trinajstić information content (AvgIpc) is 2.89. The molecular weight excluding hydrogens is 312 g/mol. The molecule has 7 heteroatoms. The first-order valence-electron chi connectivity index (χ1n) is 7.86. The van der Waals surface area contributed by atoms with Gasteiger partial charge in [0.15, 0.2) is 11.5 Å². The number of nitrogens with one attached hydrogen (secondary N) is 2. The van der Waals surface area contributed by atoms with Crippen LogP contribution < -0.4 is 20.1 Å². The molecule has 0 spiro atoms. The lowest BCUT2D eigenvalue weighted by molar-refractivity contribution is -0.119. The van der Waals surface area contributed by atoms with Crippen molar-refractivity contribution in [3.63, 3.8) is 0 Å². The molecule has 132 valence electrons. The normalized spacial score (nSPS) is 14.2. The molecule has 0 bridgehead atoms. The maximum absolute atomic E-state index is 12.5. The Hall–Kier alpha value is -2.44. The number of anilines is 1. The zero-order valence-corrected chi connectivity index (χ0v) is 14.6. The van der Waals surface area contributed by atoms with Gasteiger partial charge < -0.3 is 24.8 Å². The monoisotopic (exact) mass is 336 g/mol. The highest BCUT2D eigenvalue weighted by Crippen LogP contribution is 2.34. The van der Waals surface area contributed by atoms with Gasteiger partial charge in [-0.1, -0.05) is 13.8 Å². The van der Waals surface area contributed by atoms with Crippen LogP contribution in [0.1, 0.15) is 34.6 Å². The molecule has 0 saturated heterocycles. The number of rotatable bonds is 4. The second-order valence-electron chi connectivity index (χ2n) is 6.93. The summed E-state index contributed by atoms with van der Waals surface area (Å²) in [6.45, 7) is 9.17. The fraction of sp³-hybridized carbons (Fsp3) is 0.529. The molecule has 7 nitrogen and oxygen atoms in total. The predicted octanol–water partition coefficient (Wildman–Crippen LogP) is 2.90. The minimum Gasteiger partial charge on any atom is -0.454 e. The molecule has 0 unspecified atom stereocenters. The number of alkyl carbamates (subject to hydrolysis) is 1. The Balaban J connectivity index is 2.02. The first kappa shape index (κ1) is 17.9. The lowest BCUT2D eigenvalue weighted by atomic mass is 10.0. The molecule has 1 heterocycles. The van der Waals surface area contributed by atoms with E-state index in [9.17, 15) is 9.59 Å². The predicted molar refractivity (Wildman–Crippen MR) is 89.2 cm³/mol. The van der Waals surface area contributed by atoms with Gasteiger partial charge in [-0.25, -0.2) is 4.79 Å². The number of ether oxygens (including phenoxy) is 3. The standard InChI is InChI=1S/C17H24N2O5/c1-10(2)14(19-16(21)24-17(3,4)5)15(20)18-11-6-7-12-13(8-11)23-9-22-12/h6-8,10,14H,9H2,1-5H3,(H,18,20)(H,19,21)/t14-/m0/s1. The zero-order valence-electron chi connectivity index (χ0n) is 14.6. The highest BCUT2D eigenvalue weighted by atomic mass is 16.7. The molecule has 0 saturated carbocycles. The van der Waals surface area contributed by atoms with Gasteiger partial charge in [0, 0.05) is 11.8 Å². The first-order chi connectivity index (χ1) is 11.2. The highest BCUT2D eigenvalue weighted by Gasteiger charge is 2.27. The summed E-state index contributed by atoms with van der Waals surface area (Å²) in [7, 11) is 0. The molecule has 1 aromatic rings. The maximum atomic E-state index is 12.5. The Bertz CT molecular complexity index is 622. The van der Waals surface area contributed by atoms with Crippen molar-refractivity contribution in [2.45, 2.75) is 46.3 Å². The van der Waals surface area contributed by atoms with Crippen LogP contribution in [0.15, 0.2) is 18.2 Å². The summed E-state index contributed by atoms with van der Waals surface area (Å²) in [5.74, 6) is 0.788. The third kappa shape index (κ3) is 4.78. The Morgan fingerprint density at radius 1 is 1.17 bits per heavy atom. The molecule has 0 aliphatic carbocycles.